The molecule has 1 aromatic carbocycles. The van der Waals surface area contributed by atoms with E-state index in [9.17, 15) is 0 Å². The van der Waals surface area contributed by atoms with Crippen LogP contribution in [-0.4, -0.2) is 9.97 Å². The Hall–Kier alpha value is -2.42. The van der Waals surface area contributed by atoms with Gasteiger partial charge in [-0.25, -0.2) is 0 Å². The molecule has 0 saturated heterocycles. The first-order valence-corrected chi connectivity index (χ1v) is 6.31. The summed E-state index contributed by atoms with van der Waals surface area (Å²) >= 11 is 0. The van der Waals surface area contributed by atoms with Crippen molar-refractivity contribution < 1.29 is 0 Å². The Balaban J connectivity index is 1.84. The first-order valence-electron chi connectivity index (χ1n) is 6.31. The number of rotatable bonds is 3. The van der Waals surface area contributed by atoms with Crippen molar-refractivity contribution in [2.75, 3.05) is 5.32 Å². The molecule has 0 atom stereocenters. The van der Waals surface area contributed by atoms with Gasteiger partial charge in [0.15, 0.2) is 0 Å². The quantitative estimate of drug-likeness (QED) is 0.771. The minimum absolute atomic E-state index is 0.765. The predicted molar refractivity (Wildman–Crippen MR) is 78.0 cm³/mol. The molecule has 3 aromatic rings. The van der Waals surface area contributed by atoms with Crippen LogP contribution in [-0.2, 0) is 6.54 Å². The highest BCUT2D eigenvalue weighted by molar-refractivity contribution is 5.92. The molecule has 0 aliphatic heterocycles. The van der Waals surface area contributed by atoms with Crippen molar-refractivity contribution in [1.82, 2.24) is 9.97 Å². The molecule has 0 fully saturated rings. The Morgan fingerprint density at radius 1 is 1.05 bits per heavy atom. The maximum absolute atomic E-state index is 4.30. The maximum atomic E-state index is 4.30. The van der Waals surface area contributed by atoms with E-state index in [1.54, 1.807) is 0 Å². The summed E-state index contributed by atoms with van der Waals surface area (Å²) in [7, 11) is 0. The minimum Gasteiger partial charge on any atom is -0.380 e. The molecule has 0 saturated carbocycles. The minimum atomic E-state index is 0.765. The number of nitrogens with one attached hydrogen (secondary N) is 1. The lowest BCUT2D eigenvalue weighted by Crippen LogP contribution is -2.00. The molecule has 0 aliphatic carbocycles. The lowest BCUT2D eigenvalue weighted by atomic mass is 10.1. The number of aromatic nitrogens is 2. The van der Waals surface area contributed by atoms with Crippen LogP contribution in [0.5, 0.6) is 0 Å². The van der Waals surface area contributed by atoms with Crippen molar-refractivity contribution in [3.8, 4) is 0 Å². The van der Waals surface area contributed by atoms with Crippen molar-refractivity contribution in [1.29, 1.82) is 0 Å². The predicted octanol–water partition coefficient (Wildman–Crippen LogP) is 3.55. The van der Waals surface area contributed by atoms with Crippen LogP contribution < -0.4 is 5.32 Å². The van der Waals surface area contributed by atoms with E-state index in [1.807, 2.05) is 37.6 Å². The van der Waals surface area contributed by atoms with Crippen molar-refractivity contribution in [3.05, 3.63) is 66.2 Å². The molecular weight excluding hydrogens is 234 g/mol. The second kappa shape index (κ2) is 5.06. The lowest BCUT2D eigenvalue weighted by Gasteiger charge is -2.09. The van der Waals surface area contributed by atoms with Crippen LogP contribution in [0.25, 0.3) is 10.8 Å². The van der Waals surface area contributed by atoms with Crippen LogP contribution >= 0.6 is 0 Å². The summed E-state index contributed by atoms with van der Waals surface area (Å²) in [5.74, 6) is 0. The molecule has 19 heavy (non-hydrogen) atoms. The van der Waals surface area contributed by atoms with Gasteiger partial charge in [-0.2, -0.15) is 0 Å². The van der Waals surface area contributed by atoms with Crippen LogP contribution in [0.4, 0.5) is 5.69 Å². The summed E-state index contributed by atoms with van der Waals surface area (Å²) in [5.41, 5.74) is 3.32. The van der Waals surface area contributed by atoms with Gasteiger partial charge in [0, 0.05) is 41.9 Å². The van der Waals surface area contributed by atoms with E-state index in [-0.39, 0.29) is 0 Å². The largest absolute Gasteiger partial charge is 0.380 e. The number of fused-ring (bicyclic) bond motifs is 1. The zero-order chi connectivity index (χ0) is 13.1. The molecular formula is C16H15N3. The monoisotopic (exact) mass is 249 g/mol. The van der Waals surface area contributed by atoms with Crippen molar-refractivity contribution >= 4 is 16.5 Å². The van der Waals surface area contributed by atoms with E-state index in [0.717, 1.165) is 23.3 Å². The Bertz CT molecular complexity index is 684. The number of pyridine rings is 2. The summed E-state index contributed by atoms with van der Waals surface area (Å²) < 4.78 is 0. The van der Waals surface area contributed by atoms with E-state index >= 15 is 0 Å². The van der Waals surface area contributed by atoms with Crippen LogP contribution in [0.2, 0.25) is 0 Å². The Morgan fingerprint density at radius 2 is 2.00 bits per heavy atom. The smallest absolute Gasteiger partial charge is 0.0438 e. The highest BCUT2D eigenvalue weighted by Crippen LogP contribution is 2.22. The summed E-state index contributed by atoms with van der Waals surface area (Å²) in [6, 6.07) is 12.4. The zero-order valence-corrected chi connectivity index (χ0v) is 10.8. The summed E-state index contributed by atoms with van der Waals surface area (Å²) in [6.45, 7) is 2.76. The van der Waals surface area contributed by atoms with Gasteiger partial charge in [0.1, 0.15) is 0 Å². The molecule has 0 amide bonds. The highest BCUT2D eigenvalue weighted by atomic mass is 14.9. The van der Waals surface area contributed by atoms with E-state index in [0.29, 0.717) is 0 Å². The number of hydrogen-bond donors (Lipinski definition) is 1. The van der Waals surface area contributed by atoms with Gasteiger partial charge < -0.3 is 5.32 Å². The van der Waals surface area contributed by atoms with Gasteiger partial charge in [-0.1, -0.05) is 18.2 Å². The molecule has 0 unspecified atom stereocenters. The summed E-state index contributed by atoms with van der Waals surface area (Å²) in [6.07, 6.45) is 5.62. The van der Waals surface area contributed by atoms with Gasteiger partial charge >= 0.3 is 0 Å². The van der Waals surface area contributed by atoms with Gasteiger partial charge in [0.2, 0.25) is 0 Å². The average Bonchev–Trinajstić information content (AvgIpc) is 2.47. The average molecular weight is 249 g/mol. The summed E-state index contributed by atoms with van der Waals surface area (Å²) in [5, 5.41) is 5.78. The third-order valence-corrected chi connectivity index (χ3v) is 3.14. The third-order valence-electron chi connectivity index (χ3n) is 3.14. The first-order chi connectivity index (χ1) is 9.33. The molecule has 2 aromatic heterocycles. The fourth-order valence-electron chi connectivity index (χ4n) is 2.07. The topological polar surface area (TPSA) is 37.8 Å². The second-order valence-corrected chi connectivity index (χ2v) is 4.56. The molecule has 0 aliphatic rings. The molecule has 1 N–H and O–H groups in total. The van der Waals surface area contributed by atoms with Crippen molar-refractivity contribution in [2.24, 2.45) is 0 Å². The normalized spacial score (nSPS) is 10.6. The Labute approximate surface area is 112 Å². The van der Waals surface area contributed by atoms with Crippen LogP contribution in [0.1, 0.15) is 11.3 Å². The maximum Gasteiger partial charge on any atom is 0.0438 e. The Kier molecular flexibility index (Phi) is 3.11. The van der Waals surface area contributed by atoms with Crippen LogP contribution in [0.3, 0.4) is 0 Å². The molecule has 0 radical (unpaired) electrons. The van der Waals surface area contributed by atoms with Crippen LogP contribution in [0.15, 0.2) is 55.0 Å². The number of anilines is 1. The number of benzene rings is 1. The van der Waals surface area contributed by atoms with Crippen molar-refractivity contribution in [3.63, 3.8) is 0 Å². The van der Waals surface area contributed by atoms with E-state index in [4.69, 9.17) is 0 Å². The second-order valence-electron chi connectivity index (χ2n) is 4.56. The van der Waals surface area contributed by atoms with E-state index in [1.165, 1.54) is 10.9 Å². The van der Waals surface area contributed by atoms with Gasteiger partial charge in [-0.05, 0) is 36.1 Å². The Morgan fingerprint density at radius 3 is 2.84 bits per heavy atom. The number of hydrogen-bond acceptors (Lipinski definition) is 3. The van der Waals surface area contributed by atoms with Gasteiger partial charge in [0.05, 0.1) is 0 Å². The van der Waals surface area contributed by atoms with E-state index in [2.05, 4.69) is 39.6 Å². The van der Waals surface area contributed by atoms with Crippen LogP contribution in [0, 0.1) is 6.92 Å². The highest BCUT2D eigenvalue weighted by Gasteiger charge is 2.00. The summed E-state index contributed by atoms with van der Waals surface area (Å²) in [4.78, 5) is 8.49. The standard InChI is InChI=1S/C16H15N3/c1-12-5-6-13(9-18-12)10-19-16-4-2-3-14-7-8-17-11-15(14)16/h2-9,11,19H,10H2,1H3. The molecule has 3 rings (SSSR count). The third kappa shape index (κ3) is 2.55. The molecule has 0 spiro atoms. The molecule has 3 heteroatoms. The molecule has 0 bridgehead atoms. The van der Waals surface area contributed by atoms with Gasteiger partial charge in [-0.3, -0.25) is 9.97 Å². The number of nitrogens with zero attached hydrogens (tertiary/aromatic N) is 2. The SMILES string of the molecule is Cc1ccc(CNc2cccc3ccncc23)cn1. The molecule has 3 nitrogen and oxygen atoms in total. The first kappa shape index (κ1) is 11.7. The molecule has 94 valence electrons. The lowest BCUT2D eigenvalue weighted by molar-refractivity contribution is 1.09. The van der Waals surface area contributed by atoms with Gasteiger partial charge in [-0.15, -0.1) is 0 Å². The number of aryl methyl sites for hydroxylation is 1. The zero-order valence-electron chi connectivity index (χ0n) is 10.8. The van der Waals surface area contributed by atoms with E-state index < -0.39 is 0 Å². The van der Waals surface area contributed by atoms with Crippen molar-refractivity contribution in [2.45, 2.75) is 13.5 Å². The fourth-order valence-corrected chi connectivity index (χ4v) is 2.07. The van der Waals surface area contributed by atoms with Gasteiger partial charge in [0.25, 0.3) is 0 Å². The molecule has 2 heterocycles. The fraction of sp³-hybridized carbons (Fsp3) is 0.125.